The minimum atomic E-state index is -0.762. The van der Waals surface area contributed by atoms with E-state index in [0.717, 1.165) is 0 Å². The Labute approximate surface area is 199 Å². The van der Waals surface area contributed by atoms with Gasteiger partial charge in [-0.25, -0.2) is 10.2 Å². The van der Waals surface area contributed by atoms with Gasteiger partial charge in [0.25, 0.3) is 11.8 Å². The lowest BCUT2D eigenvalue weighted by atomic mass is 10.0. The molecular weight excluding hydrogens is 438 g/mol. The molecule has 2 rings (SSSR count). The van der Waals surface area contributed by atoms with Crippen molar-refractivity contribution in [3.63, 3.8) is 0 Å². The number of carbonyl (C=O) groups excluding carboxylic acids is 3. The minimum Gasteiger partial charge on any atom is -0.490 e. The second-order valence-electron chi connectivity index (χ2n) is 7.53. The molecule has 0 aliphatic heterocycles. The van der Waals surface area contributed by atoms with E-state index in [1.807, 2.05) is 26.8 Å². The molecule has 2 amide bonds. The molecule has 2 N–H and O–H groups in total. The molecule has 0 heterocycles. The van der Waals surface area contributed by atoms with Crippen LogP contribution in [0.4, 0.5) is 0 Å². The van der Waals surface area contributed by atoms with Crippen molar-refractivity contribution in [3.8, 4) is 11.5 Å². The van der Waals surface area contributed by atoms with Crippen molar-refractivity contribution < 1.29 is 28.6 Å². The largest absolute Gasteiger partial charge is 0.490 e. The van der Waals surface area contributed by atoms with Crippen molar-refractivity contribution in [2.75, 3.05) is 19.8 Å². The number of nitrogens with zero attached hydrogens (tertiary/aromatic N) is 1. The Kier molecular flexibility index (Phi) is 10.6. The number of nitrogens with one attached hydrogen (secondary N) is 2. The summed E-state index contributed by atoms with van der Waals surface area (Å²) in [5.41, 5.74) is 3.58. The highest BCUT2D eigenvalue weighted by molar-refractivity contribution is 5.97. The molecular formula is C25H31N3O6. The number of amides is 2. The van der Waals surface area contributed by atoms with Gasteiger partial charge < -0.3 is 19.5 Å². The number of benzene rings is 2. The molecule has 0 saturated heterocycles. The van der Waals surface area contributed by atoms with Crippen LogP contribution in [0.5, 0.6) is 11.5 Å². The minimum absolute atomic E-state index is 0.150. The van der Waals surface area contributed by atoms with Crippen molar-refractivity contribution in [2.24, 2.45) is 11.0 Å². The molecule has 0 aliphatic rings. The van der Waals surface area contributed by atoms with Gasteiger partial charge in [-0.05, 0) is 55.7 Å². The molecule has 9 nitrogen and oxygen atoms in total. The van der Waals surface area contributed by atoms with Gasteiger partial charge in [0, 0.05) is 5.56 Å². The molecule has 182 valence electrons. The summed E-state index contributed by atoms with van der Waals surface area (Å²) in [6, 6.07) is 13.0. The number of ether oxygens (including phenoxy) is 3. The molecule has 9 heteroatoms. The summed E-state index contributed by atoms with van der Waals surface area (Å²) in [6.45, 7) is 7.65. The van der Waals surface area contributed by atoms with E-state index < -0.39 is 17.9 Å². The second kappa shape index (κ2) is 13.6. The summed E-state index contributed by atoms with van der Waals surface area (Å²) in [4.78, 5) is 36.6. The Morgan fingerprint density at radius 2 is 1.71 bits per heavy atom. The van der Waals surface area contributed by atoms with E-state index in [1.54, 1.807) is 49.4 Å². The lowest BCUT2D eigenvalue weighted by Gasteiger charge is -2.20. The third kappa shape index (κ3) is 8.23. The van der Waals surface area contributed by atoms with Crippen LogP contribution in [0.1, 0.15) is 43.6 Å². The third-order valence-corrected chi connectivity index (χ3v) is 4.58. The number of hydrogen-bond donors (Lipinski definition) is 2. The maximum absolute atomic E-state index is 12.6. The molecule has 2 aromatic rings. The molecule has 0 aliphatic carbocycles. The lowest BCUT2D eigenvalue weighted by molar-refractivity contribution is -0.145. The summed E-state index contributed by atoms with van der Waals surface area (Å²) in [5, 5.41) is 6.76. The van der Waals surface area contributed by atoms with Gasteiger partial charge in [-0.15, -0.1) is 0 Å². The van der Waals surface area contributed by atoms with Gasteiger partial charge in [0.2, 0.25) is 0 Å². The Morgan fingerprint density at radius 3 is 2.35 bits per heavy atom. The summed E-state index contributed by atoms with van der Waals surface area (Å²) in [7, 11) is 0. The van der Waals surface area contributed by atoms with E-state index in [0.29, 0.717) is 29.2 Å². The lowest BCUT2D eigenvalue weighted by Crippen LogP contribution is -2.48. The van der Waals surface area contributed by atoms with Gasteiger partial charge >= 0.3 is 5.97 Å². The molecule has 2 aromatic carbocycles. The fourth-order valence-electron chi connectivity index (χ4n) is 2.92. The van der Waals surface area contributed by atoms with Crippen LogP contribution in [0.15, 0.2) is 53.6 Å². The summed E-state index contributed by atoms with van der Waals surface area (Å²) >= 11 is 0. The van der Waals surface area contributed by atoms with Crippen LogP contribution in [0.3, 0.4) is 0 Å². The summed E-state index contributed by atoms with van der Waals surface area (Å²) in [6.07, 6.45) is 1.45. The fourth-order valence-corrected chi connectivity index (χ4v) is 2.92. The normalized spacial score (nSPS) is 11.7. The fraction of sp³-hybridized carbons (Fsp3) is 0.360. The zero-order valence-electron chi connectivity index (χ0n) is 19.9. The topological polar surface area (TPSA) is 115 Å². The van der Waals surface area contributed by atoms with Crippen LogP contribution in [-0.2, 0) is 14.3 Å². The highest BCUT2D eigenvalue weighted by atomic mass is 16.6. The quantitative estimate of drug-likeness (QED) is 0.281. The predicted octanol–water partition coefficient (Wildman–Crippen LogP) is 2.93. The molecule has 0 saturated carbocycles. The highest BCUT2D eigenvalue weighted by Gasteiger charge is 2.24. The maximum atomic E-state index is 12.6. The number of esters is 1. The highest BCUT2D eigenvalue weighted by Crippen LogP contribution is 2.28. The van der Waals surface area contributed by atoms with Crippen LogP contribution in [-0.4, -0.2) is 49.9 Å². The zero-order chi connectivity index (χ0) is 24.9. The summed E-state index contributed by atoms with van der Waals surface area (Å²) < 4.78 is 15.9. The van der Waals surface area contributed by atoms with Crippen molar-refractivity contribution >= 4 is 24.0 Å². The molecule has 0 radical (unpaired) electrons. The van der Waals surface area contributed by atoms with E-state index in [2.05, 4.69) is 15.8 Å². The molecule has 0 bridgehead atoms. The third-order valence-electron chi connectivity index (χ3n) is 4.58. The van der Waals surface area contributed by atoms with Crippen molar-refractivity contribution in [2.45, 2.75) is 33.7 Å². The molecule has 1 unspecified atom stereocenters. The first-order valence-corrected chi connectivity index (χ1v) is 11.1. The van der Waals surface area contributed by atoms with Crippen molar-refractivity contribution in [3.05, 3.63) is 59.7 Å². The summed E-state index contributed by atoms with van der Waals surface area (Å²) in [5.74, 6) is -0.578. The van der Waals surface area contributed by atoms with Gasteiger partial charge in [0.05, 0.1) is 19.4 Å². The van der Waals surface area contributed by atoms with Crippen molar-refractivity contribution in [1.29, 1.82) is 0 Å². The van der Waals surface area contributed by atoms with Gasteiger partial charge in [0.1, 0.15) is 6.04 Å². The Hall–Kier alpha value is -3.88. The van der Waals surface area contributed by atoms with Crippen molar-refractivity contribution in [1.82, 2.24) is 10.7 Å². The zero-order valence-corrected chi connectivity index (χ0v) is 19.9. The number of hydrazone groups is 1. The Morgan fingerprint density at radius 1 is 0.971 bits per heavy atom. The molecule has 0 aromatic heterocycles. The smallest absolute Gasteiger partial charge is 0.344 e. The first-order chi connectivity index (χ1) is 16.3. The van der Waals surface area contributed by atoms with Gasteiger partial charge in [-0.3, -0.25) is 9.59 Å². The number of hydrogen-bond acceptors (Lipinski definition) is 7. The second-order valence-corrected chi connectivity index (χ2v) is 7.53. The van der Waals surface area contributed by atoms with Crippen LogP contribution in [0.25, 0.3) is 0 Å². The molecule has 1 atom stereocenters. The van der Waals surface area contributed by atoms with E-state index in [-0.39, 0.29) is 25.0 Å². The predicted molar refractivity (Wildman–Crippen MR) is 128 cm³/mol. The number of rotatable bonds is 12. The van der Waals surface area contributed by atoms with Gasteiger partial charge in [0.15, 0.2) is 18.1 Å². The number of carbonyl (C=O) groups is 3. The van der Waals surface area contributed by atoms with E-state index >= 15 is 0 Å². The monoisotopic (exact) mass is 469 g/mol. The van der Waals surface area contributed by atoms with E-state index in [4.69, 9.17) is 14.2 Å². The first-order valence-electron chi connectivity index (χ1n) is 11.1. The van der Waals surface area contributed by atoms with Crippen LogP contribution < -0.4 is 20.2 Å². The maximum Gasteiger partial charge on any atom is 0.344 e. The van der Waals surface area contributed by atoms with E-state index in [1.165, 1.54) is 6.21 Å². The van der Waals surface area contributed by atoms with Crippen LogP contribution >= 0.6 is 0 Å². The van der Waals surface area contributed by atoms with Gasteiger partial charge in [-0.2, -0.15) is 5.10 Å². The molecule has 0 spiro atoms. The SMILES string of the molecule is CCOC(=O)COc1ccc(C=NNC(=O)C(NC(=O)c2ccccc2)C(C)C)cc1OCC. The molecule has 0 fully saturated rings. The average Bonchev–Trinajstić information content (AvgIpc) is 2.82. The standard InChI is InChI=1S/C25H31N3O6/c1-5-32-21-14-18(12-13-20(21)34-16-22(29)33-6-2)15-26-28-25(31)23(17(3)4)27-24(30)19-10-8-7-9-11-19/h7-15,17,23H,5-6,16H2,1-4H3,(H,27,30)(H,28,31). The van der Waals surface area contributed by atoms with E-state index in [9.17, 15) is 14.4 Å². The Balaban J connectivity index is 2.02. The Bertz CT molecular complexity index is 991. The average molecular weight is 470 g/mol. The van der Waals surface area contributed by atoms with Crippen LogP contribution in [0, 0.1) is 5.92 Å². The van der Waals surface area contributed by atoms with Gasteiger partial charge in [-0.1, -0.05) is 32.0 Å². The van der Waals surface area contributed by atoms with Crippen LogP contribution in [0.2, 0.25) is 0 Å². The first kappa shape index (κ1) is 26.4. The molecule has 34 heavy (non-hydrogen) atoms.